The van der Waals surface area contributed by atoms with Crippen molar-refractivity contribution in [1.29, 1.82) is 0 Å². The first-order valence-corrected chi connectivity index (χ1v) is 11.6. The summed E-state index contributed by atoms with van der Waals surface area (Å²) in [4.78, 5) is 0. The van der Waals surface area contributed by atoms with Crippen LogP contribution >= 0.6 is 0 Å². The van der Waals surface area contributed by atoms with Gasteiger partial charge in [0.2, 0.25) is 0 Å². The molecule has 0 N–H and O–H groups in total. The Morgan fingerprint density at radius 2 is 1.33 bits per heavy atom. The van der Waals surface area contributed by atoms with Gasteiger partial charge in [-0.25, -0.2) is 0 Å². The van der Waals surface area contributed by atoms with E-state index in [0.717, 1.165) is 19.0 Å². The van der Waals surface area contributed by atoms with Crippen LogP contribution < -0.4 is 13.8 Å². The summed E-state index contributed by atoms with van der Waals surface area (Å²) >= 11 is -3.06. The molecule has 0 saturated carbocycles. The Morgan fingerprint density at radius 3 is 1.62 bits per heavy atom. The van der Waals surface area contributed by atoms with Gasteiger partial charge in [-0.05, 0) is 0 Å². The number of furan rings is 3. The van der Waals surface area contributed by atoms with Crippen LogP contribution in [0.1, 0.15) is 13.8 Å². The van der Waals surface area contributed by atoms with Gasteiger partial charge in [0.15, 0.2) is 0 Å². The van der Waals surface area contributed by atoms with Crippen molar-refractivity contribution in [1.82, 2.24) is 0 Å². The van der Waals surface area contributed by atoms with Crippen molar-refractivity contribution in [3.05, 3.63) is 66.8 Å². The van der Waals surface area contributed by atoms with Gasteiger partial charge in [0.1, 0.15) is 0 Å². The Kier molecular flexibility index (Phi) is 3.93. The van der Waals surface area contributed by atoms with Gasteiger partial charge in [0, 0.05) is 0 Å². The average molecular weight is 343 g/mol. The molecule has 0 aromatic carbocycles. The molecule has 3 heterocycles. The van der Waals surface area contributed by atoms with Crippen LogP contribution in [-0.4, -0.2) is 13.3 Å². The summed E-state index contributed by atoms with van der Waals surface area (Å²) in [6.07, 6.45) is 7.33. The van der Waals surface area contributed by atoms with E-state index in [1.807, 2.05) is 36.4 Å². The summed E-state index contributed by atoms with van der Waals surface area (Å²) in [5.41, 5.74) is 1.32. The summed E-state index contributed by atoms with van der Waals surface area (Å²) in [7, 11) is 0. The zero-order valence-electron chi connectivity index (χ0n) is 12.2. The topological polar surface area (TPSA) is 39.4 Å². The maximum atomic E-state index is 5.83. The van der Waals surface area contributed by atoms with Crippen LogP contribution in [0, 0.1) is 0 Å². The van der Waals surface area contributed by atoms with Crippen molar-refractivity contribution in [2.24, 2.45) is 0 Å². The van der Waals surface area contributed by atoms with Gasteiger partial charge in [-0.1, -0.05) is 0 Å². The summed E-state index contributed by atoms with van der Waals surface area (Å²) in [5.74, 6) is 0. The van der Waals surface area contributed by atoms with Crippen molar-refractivity contribution in [2.45, 2.75) is 19.1 Å². The van der Waals surface area contributed by atoms with E-state index in [4.69, 9.17) is 13.3 Å². The van der Waals surface area contributed by atoms with Crippen molar-refractivity contribution < 1.29 is 13.3 Å². The molecule has 3 rings (SSSR count). The number of hydrogen-bond donors (Lipinski definition) is 0. The fraction of sp³-hybridized carbons (Fsp3) is 0.176. The first kappa shape index (κ1) is 14.1. The fourth-order valence-corrected chi connectivity index (χ4v) is 11.6. The molecule has 108 valence electrons. The number of hydrogen-bond acceptors (Lipinski definition) is 3. The molecule has 21 heavy (non-hydrogen) atoms. The Morgan fingerprint density at radius 1 is 0.905 bits per heavy atom. The van der Waals surface area contributed by atoms with Crippen molar-refractivity contribution in [2.75, 3.05) is 0 Å². The SMILES string of the molecule is C/C=C(\C)[CH2][Ge]([c]1ccco1)([c]1ccco1)[c]1ccco1. The molecular formula is C17H18GeO3. The third kappa shape index (κ3) is 2.42. The molecule has 0 aliphatic heterocycles. The van der Waals surface area contributed by atoms with Gasteiger partial charge in [-0.3, -0.25) is 0 Å². The van der Waals surface area contributed by atoms with Gasteiger partial charge in [0.05, 0.1) is 0 Å². The standard InChI is InChI=1S/C17H18GeO3/c1-3-14(2)13-18(15-7-4-10-19-15,16-8-5-11-20-16)17-9-6-12-21-17/h3-12H,13H2,1-2H3/b14-3+. The molecule has 0 atom stereocenters. The Bertz CT molecular complexity index is 607. The summed E-state index contributed by atoms with van der Waals surface area (Å²) in [5, 5.41) is 0.922. The van der Waals surface area contributed by atoms with Crippen LogP contribution in [0.3, 0.4) is 0 Å². The molecule has 0 saturated heterocycles. The second-order valence-corrected chi connectivity index (χ2v) is 12.8. The molecule has 0 bridgehead atoms. The number of allylic oxidation sites excluding steroid dienone is 2. The first-order valence-electron chi connectivity index (χ1n) is 7.01. The molecular weight excluding hydrogens is 325 g/mol. The van der Waals surface area contributed by atoms with Gasteiger partial charge < -0.3 is 0 Å². The van der Waals surface area contributed by atoms with Gasteiger partial charge in [-0.2, -0.15) is 0 Å². The summed E-state index contributed by atoms with van der Waals surface area (Å²) < 4.78 is 20.5. The minimum absolute atomic E-state index is 0.922. The molecule has 0 aliphatic rings. The third-order valence-corrected chi connectivity index (χ3v) is 13.2. The summed E-state index contributed by atoms with van der Waals surface area (Å²) in [6.45, 7) is 4.21. The normalized spacial score (nSPS) is 12.8. The monoisotopic (exact) mass is 344 g/mol. The molecule has 3 aromatic heterocycles. The van der Waals surface area contributed by atoms with Crippen molar-refractivity contribution >= 4 is 27.0 Å². The van der Waals surface area contributed by atoms with E-state index >= 15 is 0 Å². The molecule has 0 fully saturated rings. The van der Waals surface area contributed by atoms with Crippen LogP contribution in [0.25, 0.3) is 0 Å². The molecule has 0 unspecified atom stereocenters. The second-order valence-electron chi connectivity index (χ2n) is 5.15. The molecule has 0 spiro atoms. The summed E-state index contributed by atoms with van der Waals surface area (Å²) in [6, 6.07) is 12.0. The van der Waals surface area contributed by atoms with E-state index in [1.165, 1.54) is 5.57 Å². The molecule has 0 radical (unpaired) electrons. The van der Waals surface area contributed by atoms with Crippen molar-refractivity contribution in [3.8, 4) is 0 Å². The fourth-order valence-electron chi connectivity index (χ4n) is 2.71. The van der Waals surface area contributed by atoms with E-state index in [0.29, 0.717) is 0 Å². The molecule has 3 aromatic rings. The van der Waals surface area contributed by atoms with Crippen molar-refractivity contribution in [3.63, 3.8) is 0 Å². The maximum absolute atomic E-state index is 5.83. The molecule has 4 heteroatoms. The quantitative estimate of drug-likeness (QED) is 0.528. The third-order valence-electron chi connectivity index (χ3n) is 3.86. The Labute approximate surface area is 126 Å². The minimum atomic E-state index is -3.06. The van der Waals surface area contributed by atoms with E-state index < -0.39 is 13.3 Å². The predicted octanol–water partition coefficient (Wildman–Crippen LogP) is 2.90. The first-order chi connectivity index (χ1) is 10.3. The second kappa shape index (κ2) is 5.86. The van der Waals surface area contributed by atoms with Crippen LogP contribution in [-0.2, 0) is 0 Å². The van der Waals surface area contributed by atoms with Crippen LogP contribution in [0.15, 0.2) is 80.1 Å². The van der Waals surface area contributed by atoms with E-state index in [2.05, 4.69) is 19.9 Å². The zero-order valence-corrected chi connectivity index (χ0v) is 14.3. The molecule has 0 aliphatic carbocycles. The predicted molar refractivity (Wildman–Crippen MR) is 85.0 cm³/mol. The Balaban J connectivity index is 2.25. The van der Waals surface area contributed by atoms with E-state index in [-0.39, 0.29) is 0 Å². The van der Waals surface area contributed by atoms with Gasteiger partial charge in [-0.15, -0.1) is 0 Å². The molecule has 3 nitrogen and oxygen atoms in total. The Hall–Kier alpha value is -1.88. The van der Waals surface area contributed by atoms with Gasteiger partial charge in [0.25, 0.3) is 0 Å². The van der Waals surface area contributed by atoms with Gasteiger partial charge >= 0.3 is 126 Å². The number of rotatable bonds is 5. The zero-order chi connectivity index (χ0) is 14.7. The van der Waals surface area contributed by atoms with Crippen LogP contribution in [0.5, 0.6) is 0 Å². The van der Waals surface area contributed by atoms with E-state index in [9.17, 15) is 0 Å². The van der Waals surface area contributed by atoms with Crippen LogP contribution in [0.4, 0.5) is 0 Å². The molecule has 0 amide bonds. The van der Waals surface area contributed by atoms with Crippen LogP contribution in [0.2, 0.25) is 5.25 Å². The van der Waals surface area contributed by atoms with E-state index in [1.54, 1.807) is 18.8 Å². The average Bonchev–Trinajstić information content (AvgIpc) is 3.28.